The predicted octanol–water partition coefficient (Wildman–Crippen LogP) is 10.6. The molecule has 47 heavy (non-hydrogen) atoms. The Morgan fingerprint density at radius 3 is 1.40 bits per heavy atom. The lowest BCUT2D eigenvalue weighted by molar-refractivity contribution is 0.479. The maximum absolute atomic E-state index is 10.1. The third kappa shape index (κ3) is 5.94. The molecule has 2 nitrogen and oxygen atoms in total. The second-order valence-electron chi connectivity index (χ2n) is 18.3. The normalized spacial score (nSPS) is 18.1. The summed E-state index contributed by atoms with van der Waals surface area (Å²) in [5.74, 6) is -0.0719. The highest BCUT2D eigenvalue weighted by Gasteiger charge is 2.43. The Balaban J connectivity index is 2.02. The van der Waals surface area contributed by atoms with Crippen LogP contribution in [0.1, 0.15) is 147 Å². The fourth-order valence-corrected chi connectivity index (χ4v) is 5.82. The predicted molar refractivity (Wildman–Crippen MR) is 206 cm³/mol. The van der Waals surface area contributed by atoms with E-state index in [2.05, 4.69) is 0 Å². The molecule has 0 amide bonds. The zero-order valence-corrected chi connectivity index (χ0v) is 30.9. The Morgan fingerprint density at radius 1 is 0.468 bits per heavy atom. The second-order valence-corrected chi connectivity index (χ2v) is 18.3. The molecule has 0 unspecified atom stereocenters. The van der Waals surface area contributed by atoms with Gasteiger partial charge in [0.25, 0.3) is 6.71 Å². The number of anilines is 3. The van der Waals surface area contributed by atoms with Crippen molar-refractivity contribution in [1.29, 1.82) is 0 Å². The van der Waals surface area contributed by atoms with Crippen LogP contribution in [0.2, 0.25) is 0 Å². The highest BCUT2D eigenvalue weighted by Crippen LogP contribution is 2.46. The molecule has 0 saturated heterocycles. The third-order valence-electron chi connectivity index (χ3n) is 8.84. The minimum atomic E-state index is -1.23. The van der Waals surface area contributed by atoms with Crippen molar-refractivity contribution in [2.45, 2.75) is 131 Å². The molecule has 0 N–H and O–H groups in total. The van der Waals surface area contributed by atoms with E-state index in [1.165, 1.54) is 4.90 Å². The standard InChI is InChI=1S/C44H56BNO/c1-40(2,3)27-16-18-33-35(23-27)46(32-21-29(42(7,8)9)20-30(22-32)43(10,11)12)36-24-31(44(13,14)15)26-38-39(36)45(33)34-19-17-28(41(4,5)6)25-37(34)47-38/h16-26H,1-15H3/i16D,17D,18D,19D,20D,21D,22D,23D,24D,25D,26D. The topological polar surface area (TPSA) is 12.5 Å². The molecule has 4 aromatic carbocycles. The van der Waals surface area contributed by atoms with Crippen LogP contribution in [0.25, 0.3) is 0 Å². The number of benzene rings is 4. The van der Waals surface area contributed by atoms with Crippen LogP contribution in [-0.2, 0) is 27.1 Å². The third-order valence-corrected chi connectivity index (χ3v) is 8.84. The first-order chi connectivity index (χ1) is 26.1. The molecule has 0 fully saturated rings. The average Bonchev–Trinajstić information content (AvgIpc) is 3.01. The molecule has 2 aliphatic rings. The van der Waals surface area contributed by atoms with Gasteiger partial charge >= 0.3 is 0 Å². The fraction of sp³-hybridized carbons (Fsp3) is 0.455. The highest BCUT2D eigenvalue weighted by atomic mass is 16.5. The van der Waals surface area contributed by atoms with Crippen LogP contribution in [0.3, 0.4) is 0 Å². The quantitative estimate of drug-likeness (QED) is 0.167. The van der Waals surface area contributed by atoms with Gasteiger partial charge in [-0.2, -0.15) is 0 Å². The fourth-order valence-electron chi connectivity index (χ4n) is 5.82. The highest BCUT2D eigenvalue weighted by molar-refractivity contribution is 6.99. The van der Waals surface area contributed by atoms with Crippen LogP contribution in [0.4, 0.5) is 17.1 Å². The molecule has 246 valence electrons. The van der Waals surface area contributed by atoms with Gasteiger partial charge in [0, 0.05) is 17.1 Å². The number of ether oxygens (including phenoxy) is 1. The van der Waals surface area contributed by atoms with Gasteiger partial charge in [-0.25, -0.2) is 0 Å². The Hall–Kier alpha value is -3.46. The maximum Gasteiger partial charge on any atom is 0.256 e. The lowest BCUT2D eigenvalue weighted by atomic mass is 9.34. The van der Waals surface area contributed by atoms with Crippen molar-refractivity contribution in [3.05, 3.63) is 94.3 Å². The van der Waals surface area contributed by atoms with E-state index >= 15 is 0 Å². The van der Waals surface area contributed by atoms with Gasteiger partial charge in [-0.05, 0) is 108 Å². The first kappa shape index (κ1) is 22.2. The number of hydrogen-bond donors (Lipinski definition) is 0. The van der Waals surface area contributed by atoms with Gasteiger partial charge in [0.1, 0.15) is 11.5 Å². The zero-order valence-electron chi connectivity index (χ0n) is 41.9. The van der Waals surface area contributed by atoms with Crippen LogP contribution < -0.4 is 26.0 Å². The molecule has 0 aliphatic carbocycles. The SMILES string of the molecule is [2H]c1c([2H])c(C(C)(C)C)c([2H])c2c1B1c3c([2H])c([2H])c(C(C)(C)C)c([2H])c3N(c3c([2H])c(C(C)(C)C)c([2H])c(C(C)(C)C)c3[2H])c3c([2H])c(C(C)(C)C)c([2H])c(c31)O2. The summed E-state index contributed by atoms with van der Waals surface area (Å²) in [6.07, 6.45) is 0. The molecule has 3 heteroatoms. The molecule has 0 bridgehead atoms. The van der Waals surface area contributed by atoms with E-state index in [-0.39, 0.29) is 128 Å². The summed E-state index contributed by atoms with van der Waals surface area (Å²) < 4.78 is 114. The van der Waals surface area contributed by atoms with E-state index in [1.54, 1.807) is 0 Å². The smallest absolute Gasteiger partial charge is 0.256 e. The molecule has 0 aromatic heterocycles. The average molecular weight is 637 g/mol. The Labute approximate surface area is 301 Å². The van der Waals surface area contributed by atoms with E-state index in [0.717, 1.165) is 0 Å². The Kier molecular flexibility index (Phi) is 4.98. The summed E-state index contributed by atoms with van der Waals surface area (Å²) >= 11 is 0. The number of nitrogens with zero attached hydrogens (tertiary/aromatic N) is 1. The Morgan fingerprint density at radius 2 is 0.894 bits per heavy atom. The van der Waals surface area contributed by atoms with Gasteiger partial charge in [-0.3, -0.25) is 0 Å². The number of fused-ring (bicyclic) bond motifs is 4. The van der Waals surface area contributed by atoms with Crippen molar-refractivity contribution in [3.8, 4) is 11.5 Å². The first-order valence-electron chi connectivity index (χ1n) is 22.2. The first-order valence-corrected chi connectivity index (χ1v) is 16.7. The van der Waals surface area contributed by atoms with E-state index < -0.39 is 33.8 Å². The maximum atomic E-state index is 10.1. The summed E-state index contributed by atoms with van der Waals surface area (Å²) in [6.45, 7) is 26.8. The Bertz CT molecular complexity index is 2410. The molecule has 2 heterocycles. The summed E-state index contributed by atoms with van der Waals surface area (Å²) in [4.78, 5) is 1.52. The zero-order chi connectivity index (χ0) is 44.2. The minimum Gasteiger partial charge on any atom is -0.458 e. The molecule has 2 aliphatic heterocycles. The van der Waals surface area contributed by atoms with E-state index in [0.29, 0.717) is 11.1 Å². The molecular formula is C44H56BNO. The van der Waals surface area contributed by atoms with Crippen LogP contribution in [0.15, 0.2) is 66.5 Å². The van der Waals surface area contributed by atoms with Gasteiger partial charge in [0.15, 0.2) is 0 Å². The van der Waals surface area contributed by atoms with Gasteiger partial charge in [0.05, 0.1) is 15.1 Å². The lowest BCUT2D eigenvalue weighted by Crippen LogP contribution is -2.59. The molecule has 0 radical (unpaired) electrons. The van der Waals surface area contributed by atoms with Gasteiger partial charge in [0.2, 0.25) is 0 Å². The van der Waals surface area contributed by atoms with E-state index in [9.17, 15) is 15.1 Å². The number of hydrogen-bond acceptors (Lipinski definition) is 2. The van der Waals surface area contributed by atoms with Gasteiger partial charge in [-0.15, -0.1) is 0 Å². The molecule has 6 rings (SSSR count). The summed E-state index contributed by atoms with van der Waals surface area (Å²) in [7, 11) is 0. The molecule has 0 atom stereocenters. The van der Waals surface area contributed by atoms with Crippen molar-refractivity contribution in [2.24, 2.45) is 0 Å². The van der Waals surface area contributed by atoms with Gasteiger partial charge in [-0.1, -0.05) is 134 Å². The molecule has 0 spiro atoms. The largest absolute Gasteiger partial charge is 0.458 e. The van der Waals surface area contributed by atoms with Crippen LogP contribution in [0, 0.1) is 0 Å². The molecular weight excluding hydrogens is 569 g/mol. The van der Waals surface area contributed by atoms with Crippen molar-refractivity contribution in [2.75, 3.05) is 4.90 Å². The monoisotopic (exact) mass is 637 g/mol. The molecule has 4 aromatic rings. The minimum absolute atomic E-state index is 0.00772. The van der Waals surface area contributed by atoms with Crippen LogP contribution in [0.5, 0.6) is 11.5 Å². The summed E-state index contributed by atoms with van der Waals surface area (Å²) in [6, 6.07) is -1.80. The van der Waals surface area contributed by atoms with Crippen molar-refractivity contribution in [3.63, 3.8) is 0 Å². The van der Waals surface area contributed by atoms with E-state index in [1.807, 2.05) is 104 Å². The second kappa shape index (κ2) is 10.5. The van der Waals surface area contributed by atoms with Crippen molar-refractivity contribution in [1.82, 2.24) is 0 Å². The lowest BCUT2D eigenvalue weighted by Gasteiger charge is -2.42. The molecule has 0 saturated carbocycles. The van der Waals surface area contributed by atoms with E-state index in [4.69, 9.17) is 4.74 Å². The van der Waals surface area contributed by atoms with Crippen LogP contribution >= 0.6 is 0 Å². The van der Waals surface area contributed by atoms with Crippen LogP contribution in [-0.4, -0.2) is 6.71 Å². The van der Waals surface area contributed by atoms with Crippen molar-refractivity contribution < 1.29 is 19.8 Å². The summed E-state index contributed by atoms with van der Waals surface area (Å²) in [5, 5.41) is 0. The summed E-state index contributed by atoms with van der Waals surface area (Å²) in [5.41, 5.74) is -2.02. The van der Waals surface area contributed by atoms with Crippen molar-refractivity contribution >= 4 is 40.2 Å². The van der Waals surface area contributed by atoms with Gasteiger partial charge < -0.3 is 9.64 Å². The number of rotatable bonds is 1.